The number of aliphatic hydroxyl groups excluding tert-OH is 1. The van der Waals surface area contributed by atoms with Gasteiger partial charge in [0.2, 0.25) is 0 Å². The molecule has 94 valence electrons. The van der Waals surface area contributed by atoms with E-state index in [4.69, 9.17) is 0 Å². The van der Waals surface area contributed by atoms with Crippen LogP contribution >= 0.6 is 0 Å². The lowest BCUT2D eigenvalue weighted by Gasteiger charge is -2.36. The van der Waals surface area contributed by atoms with Gasteiger partial charge in [-0.2, -0.15) is 0 Å². The standard InChI is InChI=1S/C13H21N3O/c1-9-8-13(15-10(2)14-9)16(3)11-6-4-5-7-12(11)17/h8,11-12,17H,4-7H2,1-3H3. The molecule has 4 nitrogen and oxygen atoms in total. The second-order valence-electron chi connectivity index (χ2n) is 4.94. The van der Waals surface area contributed by atoms with E-state index < -0.39 is 0 Å². The predicted molar refractivity (Wildman–Crippen MR) is 68.2 cm³/mol. The minimum Gasteiger partial charge on any atom is -0.391 e. The Bertz CT molecular complexity index is 374. The summed E-state index contributed by atoms with van der Waals surface area (Å²) >= 11 is 0. The summed E-state index contributed by atoms with van der Waals surface area (Å²) in [7, 11) is 2.01. The quantitative estimate of drug-likeness (QED) is 0.849. The van der Waals surface area contributed by atoms with Gasteiger partial charge in [0.25, 0.3) is 0 Å². The number of hydrogen-bond donors (Lipinski definition) is 1. The second-order valence-corrected chi connectivity index (χ2v) is 4.94. The second kappa shape index (κ2) is 5.00. The van der Waals surface area contributed by atoms with Crippen molar-refractivity contribution in [1.82, 2.24) is 9.97 Å². The summed E-state index contributed by atoms with van der Waals surface area (Å²) in [6.45, 7) is 3.88. The minimum atomic E-state index is -0.232. The maximum absolute atomic E-state index is 10.1. The summed E-state index contributed by atoms with van der Waals surface area (Å²) < 4.78 is 0. The highest BCUT2D eigenvalue weighted by molar-refractivity contribution is 5.40. The van der Waals surface area contributed by atoms with E-state index in [1.165, 1.54) is 6.42 Å². The third-order valence-electron chi connectivity index (χ3n) is 3.51. The molecule has 0 saturated heterocycles. The van der Waals surface area contributed by atoms with E-state index in [0.717, 1.165) is 36.6 Å². The van der Waals surface area contributed by atoms with Gasteiger partial charge < -0.3 is 10.0 Å². The molecule has 1 aromatic heterocycles. The molecular formula is C13H21N3O. The van der Waals surface area contributed by atoms with Crippen molar-refractivity contribution in [2.45, 2.75) is 51.7 Å². The maximum Gasteiger partial charge on any atom is 0.132 e. The summed E-state index contributed by atoms with van der Waals surface area (Å²) in [6.07, 6.45) is 4.03. The lowest BCUT2D eigenvalue weighted by Crippen LogP contribution is -2.43. The number of anilines is 1. The van der Waals surface area contributed by atoms with Gasteiger partial charge in [-0.25, -0.2) is 9.97 Å². The van der Waals surface area contributed by atoms with E-state index in [-0.39, 0.29) is 12.1 Å². The number of nitrogens with zero attached hydrogens (tertiary/aromatic N) is 3. The first-order valence-corrected chi connectivity index (χ1v) is 6.31. The largest absolute Gasteiger partial charge is 0.391 e. The number of rotatable bonds is 2. The van der Waals surface area contributed by atoms with Gasteiger partial charge >= 0.3 is 0 Å². The Morgan fingerprint density at radius 1 is 1.24 bits per heavy atom. The molecular weight excluding hydrogens is 214 g/mol. The molecule has 1 aromatic rings. The topological polar surface area (TPSA) is 49.2 Å². The first-order valence-electron chi connectivity index (χ1n) is 6.31. The number of likely N-dealkylation sites (N-methyl/N-ethyl adjacent to an activating group) is 1. The number of hydrogen-bond acceptors (Lipinski definition) is 4. The van der Waals surface area contributed by atoms with Crippen molar-refractivity contribution >= 4 is 5.82 Å². The van der Waals surface area contributed by atoms with Crippen LogP contribution in [0.4, 0.5) is 5.82 Å². The molecule has 0 amide bonds. The van der Waals surface area contributed by atoms with Crippen molar-refractivity contribution in [3.05, 3.63) is 17.6 Å². The van der Waals surface area contributed by atoms with E-state index in [1.807, 2.05) is 27.0 Å². The SMILES string of the molecule is Cc1cc(N(C)C2CCCCC2O)nc(C)n1. The monoisotopic (exact) mass is 235 g/mol. The molecule has 1 aliphatic carbocycles. The summed E-state index contributed by atoms with van der Waals surface area (Å²) in [5, 5.41) is 10.1. The van der Waals surface area contributed by atoms with E-state index in [9.17, 15) is 5.11 Å². The van der Waals surface area contributed by atoms with Gasteiger partial charge in [0.15, 0.2) is 0 Å². The van der Waals surface area contributed by atoms with Crippen LogP contribution in [0, 0.1) is 13.8 Å². The van der Waals surface area contributed by atoms with Crippen molar-refractivity contribution in [3.8, 4) is 0 Å². The van der Waals surface area contributed by atoms with E-state index >= 15 is 0 Å². The molecule has 2 unspecified atom stereocenters. The van der Waals surface area contributed by atoms with Gasteiger partial charge in [0.1, 0.15) is 11.6 Å². The molecule has 17 heavy (non-hydrogen) atoms. The molecule has 1 heterocycles. The Morgan fingerprint density at radius 2 is 1.94 bits per heavy atom. The van der Waals surface area contributed by atoms with Crippen molar-refractivity contribution in [1.29, 1.82) is 0 Å². The average molecular weight is 235 g/mol. The Hall–Kier alpha value is -1.16. The molecule has 1 saturated carbocycles. The van der Waals surface area contributed by atoms with Gasteiger partial charge in [-0.1, -0.05) is 12.8 Å². The molecule has 2 rings (SSSR count). The van der Waals surface area contributed by atoms with Crippen LogP contribution in [-0.4, -0.2) is 34.3 Å². The third-order valence-corrected chi connectivity index (χ3v) is 3.51. The van der Waals surface area contributed by atoms with Gasteiger partial charge in [0, 0.05) is 18.8 Å². The van der Waals surface area contributed by atoms with Crippen molar-refractivity contribution in [2.75, 3.05) is 11.9 Å². The van der Waals surface area contributed by atoms with Crippen LogP contribution < -0.4 is 4.90 Å². The van der Waals surface area contributed by atoms with Crippen LogP contribution in [0.25, 0.3) is 0 Å². The Balaban J connectivity index is 2.20. The van der Waals surface area contributed by atoms with Crippen molar-refractivity contribution in [3.63, 3.8) is 0 Å². The minimum absolute atomic E-state index is 0.192. The van der Waals surface area contributed by atoms with Crippen LogP contribution in [0.1, 0.15) is 37.2 Å². The Labute approximate surface area is 103 Å². The molecule has 1 aliphatic rings. The average Bonchev–Trinajstić information content (AvgIpc) is 2.27. The fourth-order valence-corrected chi connectivity index (χ4v) is 2.59. The lowest BCUT2D eigenvalue weighted by molar-refractivity contribution is 0.106. The molecule has 2 atom stereocenters. The van der Waals surface area contributed by atoms with E-state index in [1.54, 1.807) is 0 Å². The summed E-state index contributed by atoms with van der Waals surface area (Å²) in [5.41, 5.74) is 0.977. The zero-order chi connectivity index (χ0) is 12.4. The molecule has 1 fully saturated rings. The zero-order valence-corrected chi connectivity index (χ0v) is 10.8. The smallest absolute Gasteiger partial charge is 0.132 e. The summed E-state index contributed by atoms with van der Waals surface area (Å²) in [6, 6.07) is 2.17. The maximum atomic E-state index is 10.1. The molecule has 0 bridgehead atoms. The molecule has 4 heteroatoms. The molecule has 0 radical (unpaired) electrons. The molecule has 1 N–H and O–H groups in total. The van der Waals surface area contributed by atoms with Crippen LogP contribution in [0.3, 0.4) is 0 Å². The van der Waals surface area contributed by atoms with Crippen LogP contribution in [-0.2, 0) is 0 Å². The van der Waals surface area contributed by atoms with Crippen LogP contribution in [0.5, 0.6) is 0 Å². The Morgan fingerprint density at radius 3 is 2.59 bits per heavy atom. The predicted octanol–water partition coefficient (Wildman–Crippen LogP) is 1.83. The van der Waals surface area contributed by atoms with Gasteiger partial charge in [0.05, 0.1) is 12.1 Å². The fraction of sp³-hybridized carbons (Fsp3) is 0.692. The highest BCUT2D eigenvalue weighted by Gasteiger charge is 2.27. The number of aromatic nitrogens is 2. The van der Waals surface area contributed by atoms with Crippen molar-refractivity contribution in [2.24, 2.45) is 0 Å². The third kappa shape index (κ3) is 2.75. The van der Waals surface area contributed by atoms with Gasteiger partial charge in [-0.05, 0) is 26.7 Å². The highest BCUT2D eigenvalue weighted by Crippen LogP contribution is 2.25. The van der Waals surface area contributed by atoms with Crippen LogP contribution in [0.2, 0.25) is 0 Å². The first kappa shape index (κ1) is 12.3. The van der Waals surface area contributed by atoms with Crippen molar-refractivity contribution < 1.29 is 5.11 Å². The lowest BCUT2D eigenvalue weighted by atomic mass is 9.91. The summed E-state index contributed by atoms with van der Waals surface area (Å²) in [4.78, 5) is 10.8. The van der Waals surface area contributed by atoms with Gasteiger partial charge in [-0.15, -0.1) is 0 Å². The molecule has 0 spiro atoms. The highest BCUT2D eigenvalue weighted by atomic mass is 16.3. The number of aliphatic hydroxyl groups is 1. The number of aryl methyl sites for hydroxylation is 2. The van der Waals surface area contributed by atoms with E-state index in [2.05, 4.69) is 14.9 Å². The Kier molecular flexibility index (Phi) is 3.62. The van der Waals surface area contributed by atoms with Gasteiger partial charge in [-0.3, -0.25) is 0 Å². The van der Waals surface area contributed by atoms with E-state index in [0.29, 0.717) is 0 Å². The molecule has 0 aliphatic heterocycles. The summed E-state index contributed by atoms with van der Waals surface area (Å²) in [5.74, 6) is 1.71. The normalized spacial score (nSPS) is 24.7. The first-order chi connectivity index (χ1) is 8.08. The molecule has 0 aromatic carbocycles. The fourth-order valence-electron chi connectivity index (χ4n) is 2.59. The van der Waals surface area contributed by atoms with Crippen LogP contribution in [0.15, 0.2) is 6.07 Å². The zero-order valence-electron chi connectivity index (χ0n) is 10.8.